The molecule has 0 aromatic rings. The molecule has 5 heteroatoms. The third-order valence-corrected chi connectivity index (χ3v) is 5.11. The molecule has 4 nitrogen and oxygen atoms in total. The lowest BCUT2D eigenvalue weighted by atomic mass is 9.78. The van der Waals surface area contributed by atoms with E-state index in [0.717, 1.165) is 51.9 Å². The number of ether oxygens (including phenoxy) is 1. The van der Waals surface area contributed by atoms with Gasteiger partial charge < -0.3 is 15.0 Å². The number of carbonyl (C=O) groups excluding carboxylic acids is 1. The normalized spacial score (nSPS) is 29.6. The number of rotatable bonds is 3. The van der Waals surface area contributed by atoms with Crippen LogP contribution in [0.25, 0.3) is 0 Å². The van der Waals surface area contributed by atoms with Crippen LogP contribution in [0.15, 0.2) is 0 Å². The van der Waals surface area contributed by atoms with E-state index in [2.05, 4.69) is 24.1 Å². The van der Waals surface area contributed by atoms with E-state index in [-0.39, 0.29) is 23.7 Å². The predicted molar refractivity (Wildman–Crippen MR) is 83.3 cm³/mol. The zero-order chi connectivity index (χ0) is 13.9. The predicted octanol–water partition coefficient (Wildman–Crippen LogP) is 2.22. The molecule has 0 bridgehead atoms. The molecule has 0 aromatic carbocycles. The molecule has 2 aliphatic rings. The number of likely N-dealkylation sites (tertiary alicyclic amines) is 1. The minimum atomic E-state index is -0.572. The molecular formula is C15H29ClN2O2. The second-order valence-electron chi connectivity index (χ2n) is 6.44. The molecule has 1 atom stereocenters. The van der Waals surface area contributed by atoms with Crippen LogP contribution in [-0.2, 0) is 9.53 Å². The SMILES string of the molecule is CCC1(C)CCCN(C(=O)C2(OC)CCNCC2)C1.Cl. The molecule has 0 aromatic heterocycles. The molecule has 2 fully saturated rings. The Kier molecular flexibility index (Phi) is 6.29. The molecule has 2 saturated heterocycles. The van der Waals surface area contributed by atoms with Crippen molar-refractivity contribution in [1.29, 1.82) is 0 Å². The van der Waals surface area contributed by atoms with Gasteiger partial charge in [0.25, 0.3) is 5.91 Å². The first-order valence-corrected chi connectivity index (χ1v) is 7.60. The number of carbonyl (C=O) groups is 1. The largest absolute Gasteiger partial charge is 0.368 e. The summed E-state index contributed by atoms with van der Waals surface area (Å²) in [6.45, 7) is 8.06. The van der Waals surface area contributed by atoms with Gasteiger partial charge in [-0.1, -0.05) is 13.8 Å². The molecule has 20 heavy (non-hydrogen) atoms. The van der Waals surface area contributed by atoms with Crippen molar-refractivity contribution in [2.45, 2.75) is 51.6 Å². The van der Waals surface area contributed by atoms with E-state index in [9.17, 15) is 4.79 Å². The van der Waals surface area contributed by atoms with E-state index >= 15 is 0 Å². The molecule has 0 saturated carbocycles. The molecule has 0 spiro atoms. The maximum Gasteiger partial charge on any atom is 0.254 e. The van der Waals surface area contributed by atoms with Gasteiger partial charge in [0.05, 0.1) is 0 Å². The summed E-state index contributed by atoms with van der Waals surface area (Å²) in [5, 5.41) is 3.31. The first kappa shape index (κ1) is 17.7. The van der Waals surface area contributed by atoms with Crippen molar-refractivity contribution >= 4 is 18.3 Å². The van der Waals surface area contributed by atoms with Gasteiger partial charge in [-0.3, -0.25) is 4.79 Å². The number of hydrogen-bond acceptors (Lipinski definition) is 3. The van der Waals surface area contributed by atoms with Gasteiger partial charge in [-0.25, -0.2) is 0 Å². The van der Waals surface area contributed by atoms with Gasteiger partial charge >= 0.3 is 0 Å². The zero-order valence-corrected chi connectivity index (χ0v) is 13.9. The van der Waals surface area contributed by atoms with E-state index in [1.54, 1.807) is 7.11 Å². The summed E-state index contributed by atoms with van der Waals surface area (Å²) in [7, 11) is 1.69. The fourth-order valence-electron chi connectivity index (χ4n) is 3.40. The third kappa shape index (κ3) is 3.46. The summed E-state index contributed by atoms with van der Waals surface area (Å²) < 4.78 is 5.66. The minimum Gasteiger partial charge on any atom is -0.368 e. The van der Waals surface area contributed by atoms with Gasteiger partial charge in [0.1, 0.15) is 5.60 Å². The van der Waals surface area contributed by atoms with Crippen molar-refractivity contribution in [1.82, 2.24) is 10.2 Å². The molecule has 2 rings (SSSR count). The van der Waals surface area contributed by atoms with E-state index < -0.39 is 5.60 Å². The van der Waals surface area contributed by atoms with Crippen LogP contribution in [0.5, 0.6) is 0 Å². The van der Waals surface area contributed by atoms with Crippen LogP contribution in [0.3, 0.4) is 0 Å². The van der Waals surface area contributed by atoms with Crippen LogP contribution in [0, 0.1) is 5.41 Å². The number of amides is 1. The van der Waals surface area contributed by atoms with Gasteiger partial charge in [0.2, 0.25) is 0 Å². The van der Waals surface area contributed by atoms with Crippen LogP contribution in [0.4, 0.5) is 0 Å². The van der Waals surface area contributed by atoms with Gasteiger partial charge in [-0.15, -0.1) is 12.4 Å². The van der Waals surface area contributed by atoms with Crippen molar-refractivity contribution < 1.29 is 9.53 Å². The molecule has 1 unspecified atom stereocenters. The highest BCUT2D eigenvalue weighted by Crippen LogP contribution is 2.35. The van der Waals surface area contributed by atoms with Crippen LogP contribution in [0.2, 0.25) is 0 Å². The lowest BCUT2D eigenvalue weighted by molar-refractivity contribution is -0.161. The van der Waals surface area contributed by atoms with Crippen LogP contribution in [0.1, 0.15) is 46.0 Å². The topological polar surface area (TPSA) is 41.6 Å². The maximum absolute atomic E-state index is 12.9. The summed E-state index contributed by atoms with van der Waals surface area (Å²) in [6, 6.07) is 0. The average Bonchev–Trinajstić information content (AvgIpc) is 2.47. The molecule has 0 aliphatic carbocycles. The van der Waals surface area contributed by atoms with Crippen LogP contribution < -0.4 is 5.32 Å². The molecule has 2 heterocycles. The van der Waals surface area contributed by atoms with E-state index in [0.29, 0.717) is 0 Å². The van der Waals surface area contributed by atoms with E-state index in [1.165, 1.54) is 6.42 Å². The lowest BCUT2D eigenvalue weighted by Gasteiger charge is -2.45. The molecule has 0 radical (unpaired) electrons. The van der Waals surface area contributed by atoms with Crippen molar-refractivity contribution in [2.24, 2.45) is 5.41 Å². The van der Waals surface area contributed by atoms with Gasteiger partial charge in [0.15, 0.2) is 0 Å². The first-order valence-electron chi connectivity index (χ1n) is 7.60. The van der Waals surface area contributed by atoms with Crippen molar-refractivity contribution in [3.05, 3.63) is 0 Å². The third-order valence-electron chi connectivity index (χ3n) is 5.11. The number of hydrogen-bond donors (Lipinski definition) is 1. The standard InChI is InChI=1S/C15H28N2O2.ClH/c1-4-14(2)6-5-11-17(12-14)13(18)15(19-3)7-9-16-10-8-15;/h16H,4-12H2,1-3H3;1H. The fraction of sp³-hybridized carbons (Fsp3) is 0.933. The number of halogens is 1. The molecule has 2 aliphatic heterocycles. The average molecular weight is 305 g/mol. The van der Waals surface area contributed by atoms with Crippen LogP contribution >= 0.6 is 12.4 Å². The summed E-state index contributed by atoms with van der Waals surface area (Å²) in [4.78, 5) is 14.9. The molecule has 118 valence electrons. The summed E-state index contributed by atoms with van der Waals surface area (Å²) in [5.41, 5.74) is -0.285. The molecule has 1 amide bonds. The highest BCUT2D eigenvalue weighted by molar-refractivity contribution is 5.86. The van der Waals surface area contributed by atoms with Gasteiger partial charge in [-0.2, -0.15) is 0 Å². The van der Waals surface area contributed by atoms with Crippen molar-refractivity contribution in [3.63, 3.8) is 0 Å². The summed E-state index contributed by atoms with van der Waals surface area (Å²) >= 11 is 0. The second-order valence-corrected chi connectivity index (χ2v) is 6.44. The Balaban J connectivity index is 0.00000200. The van der Waals surface area contributed by atoms with E-state index in [4.69, 9.17) is 4.74 Å². The highest BCUT2D eigenvalue weighted by atomic mass is 35.5. The van der Waals surface area contributed by atoms with Gasteiger partial charge in [0, 0.05) is 20.2 Å². The Morgan fingerprint density at radius 3 is 2.50 bits per heavy atom. The van der Waals surface area contributed by atoms with Gasteiger partial charge in [-0.05, 0) is 50.6 Å². The lowest BCUT2D eigenvalue weighted by Crippen LogP contribution is -2.58. The Hall–Kier alpha value is -0.320. The molecule has 1 N–H and O–H groups in total. The van der Waals surface area contributed by atoms with Crippen molar-refractivity contribution in [2.75, 3.05) is 33.3 Å². The Labute approximate surface area is 129 Å². The van der Waals surface area contributed by atoms with E-state index in [1.807, 2.05) is 0 Å². The quantitative estimate of drug-likeness (QED) is 0.869. The Morgan fingerprint density at radius 2 is 1.95 bits per heavy atom. The maximum atomic E-state index is 12.9. The molecular weight excluding hydrogens is 276 g/mol. The van der Waals surface area contributed by atoms with Crippen LogP contribution in [-0.4, -0.2) is 49.7 Å². The number of methoxy groups -OCH3 is 1. The smallest absolute Gasteiger partial charge is 0.254 e. The number of nitrogens with zero attached hydrogens (tertiary/aromatic N) is 1. The summed E-state index contributed by atoms with van der Waals surface area (Å²) in [5.74, 6) is 0.218. The minimum absolute atomic E-state index is 0. The zero-order valence-electron chi connectivity index (χ0n) is 13.0. The number of nitrogens with one attached hydrogen (secondary N) is 1. The van der Waals surface area contributed by atoms with Crippen molar-refractivity contribution in [3.8, 4) is 0 Å². The fourth-order valence-corrected chi connectivity index (χ4v) is 3.40. The Bertz CT molecular complexity index is 332. The Morgan fingerprint density at radius 1 is 1.30 bits per heavy atom. The first-order chi connectivity index (χ1) is 9.05. The monoisotopic (exact) mass is 304 g/mol. The highest BCUT2D eigenvalue weighted by Gasteiger charge is 2.44. The summed E-state index contributed by atoms with van der Waals surface area (Å²) in [6.07, 6.45) is 5.07. The second kappa shape index (κ2) is 7.10. The number of piperidine rings is 2.